The Bertz CT molecular complexity index is 510. The molecule has 0 radical (unpaired) electrons. The van der Waals surface area contributed by atoms with Gasteiger partial charge < -0.3 is 20.3 Å². The van der Waals surface area contributed by atoms with Gasteiger partial charge in [-0.25, -0.2) is 9.59 Å². The van der Waals surface area contributed by atoms with Crippen LogP contribution in [0.1, 0.15) is 59.3 Å². The zero-order valence-electron chi connectivity index (χ0n) is 14.1. The van der Waals surface area contributed by atoms with Crippen molar-refractivity contribution in [2.75, 3.05) is 0 Å². The summed E-state index contributed by atoms with van der Waals surface area (Å²) in [6.07, 6.45) is 3.89. The molecule has 0 aromatic heterocycles. The molecular formula is C17H27NO5. The zero-order chi connectivity index (χ0) is 17.0. The predicted molar refractivity (Wildman–Crippen MR) is 82.9 cm³/mol. The summed E-state index contributed by atoms with van der Waals surface area (Å²) in [6, 6.07) is -1.00. The number of amides is 1. The average molecular weight is 325 g/mol. The molecule has 4 rings (SSSR count). The van der Waals surface area contributed by atoms with Crippen molar-refractivity contribution in [1.29, 1.82) is 0 Å². The van der Waals surface area contributed by atoms with E-state index >= 15 is 0 Å². The number of carbonyl (C=O) groups excluding carboxylic acids is 1. The molecule has 0 aromatic carbocycles. The lowest BCUT2D eigenvalue weighted by atomic mass is 9.46. The van der Waals surface area contributed by atoms with Gasteiger partial charge in [0, 0.05) is 5.41 Å². The average Bonchev–Trinajstić information content (AvgIpc) is 2.29. The molecule has 0 heterocycles. The van der Waals surface area contributed by atoms with Gasteiger partial charge in [0.2, 0.25) is 0 Å². The first-order chi connectivity index (χ1) is 10.5. The lowest BCUT2D eigenvalue weighted by Crippen LogP contribution is -2.64. The molecule has 0 saturated heterocycles. The van der Waals surface area contributed by atoms with Gasteiger partial charge in [0.25, 0.3) is 0 Å². The van der Waals surface area contributed by atoms with Crippen molar-refractivity contribution in [2.24, 2.45) is 17.3 Å². The maximum Gasteiger partial charge on any atom is 0.408 e. The smallest absolute Gasteiger partial charge is 0.408 e. The highest BCUT2D eigenvalue weighted by Gasteiger charge is 2.61. The van der Waals surface area contributed by atoms with E-state index in [9.17, 15) is 19.8 Å². The van der Waals surface area contributed by atoms with Gasteiger partial charge in [-0.1, -0.05) is 0 Å². The number of carboxylic acids is 1. The van der Waals surface area contributed by atoms with Crippen molar-refractivity contribution in [1.82, 2.24) is 5.32 Å². The van der Waals surface area contributed by atoms with Crippen LogP contribution in [0.3, 0.4) is 0 Å². The van der Waals surface area contributed by atoms with Crippen LogP contribution in [-0.4, -0.2) is 39.5 Å². The fourth-order valence-electron chi connectivity index (χ4n) is 5.52. The van der Waals surface area contributed by atoms with E-state index < -0.39 is 34.7 Å². The minimum Gasteiger partial charge on any atom is -0.480 e. The van der Waals surface area contributed by atoms with E-state index in [1.54, 1.807) is 20.8 Å². The van der Waals surface area contributed by atoms with Crippen molar-refractivity contribution >= 4 is 12.1 Å². The number of hydrogen-bond donors (Lipinski definition) is 3. The van der Waals surface area contributed by atoms with Crippen LogP contribution in [0.15, 0.2) is 0 Å². The highest BCUT2D eigenvalue weighted by molar-refractivity contribution is 5.81. The Kier molecular flexibility index (Phi) is 3.67. The summed E-state index contributed by atoms with van der Waals surface area (Å²) < 4.78 is 5.23. The molecule has 0 spiro atoms. The molecule has 1 amide bonds. The molecule has 4 bridgehead atoms. The van der Waals surface area contributed by atoms with Crippen LogP contribution in [0.2, 0.25) is 0 Å². The van der Waals surface area contributed by atoms with Gasteiger partial charge in [-0.15, -0.1) is 0 Å². The van der Waals surface area contributed by atoms with Crippen molar-refractivity contribution in [3.05, 3.63) is 0 Å². The third-order valence-electron chi connectivity index (χ3n) is 5.60. The van der Waals surface area contributed by atoms with Crippen LogP contribution in [0, 0.1) is 17.3 Å². The monoisotopic (exact) mass is 325 g/mol. The highest BCUT2D eigenvalue weighted by atomic mass is 16.6. The molecule has 4 saturated carbocycles. The van der Waals surface area contributed by atoms with E-state index in [2.05, 4.69) is 5.32 Å². The largest absolute Gasteiger partial charge is 0.480 e. The van der Waals surface area contributed by atoms with E-state index in [1.165, 1.54) is 0 Å². The summed E-state index contributed by atoms with van der Waals surface area (Å²) in [5, 5.41) is 23.1. The van der Waals surface area contributed by atoms with Gasteiger partial charge >= 0.3 is 12.1 Å². The van der Waals surface area contributed by atoms with E-state index in [0.717, 1.165) is 32.1 Å². The maximum absolute atomic E-state index is 12.1. The van der Waals surface area contributed by atoms with E-state index in [4.69, 9.17) is 4.74 Å². The third-order valence-corrected chi connectivity index (χ3v) is 5.60. The number of aliphatic hydroxyl groups is 1. The van der Waals surface area contributed by atoms with Gasteiger partial charge in [0.15, 0.2) is 0 Å². The van der Waals surface area contributed by atoms with Gasteiger partial charge in [-0.05, 0) is 71.1 Å². The molecule has 4 aliphatic rings. The third kappa shape index (κ3) is 3.18. The number of nitrogens with one attached hydrogen (secondary N) is 1. The number of carboxylic acid groups (broad SMARTS) is 1. The minimum absolute atomic E-state index is 0.364. The molecule has 4 aliphatic carbocycles. The van der Waals surface area contributed by atoms with Gasteiger partial charge in [-0.3, -0.25) is 0 Å². The Morgan fingerprint density at radius 3 is 2.17 bits per heavy atom. The van der Waals surface area contributed by atoms with Crippen LogP contribution >= 0.6 is 0 Å². The Hall–Kier alpha value is -1.30. The number of hydrogen-bond acceptors (Lipinski definition) is 4. The Morgan fingerprint density at radius 1 is 1.17 bits per heavy atom. The fraction of sp³-hybridized carbons (Fsp3) is 0.882. The van der Waals surface area contributed by atoms with Crippen LogP contribution in [0.4, 0.5) is 4.79 Å². The fourth-order valence-corrected chi connectivity index (χ4v) is 5.52. The molecule has 23 heavy (non-hydrogen) atoms. The Labute approximate surface area is 136 Å². The standard InChI is InChI=1S/C17H27NO5/c1-15(2,3)23-14(21)18-12(13(19)20)16-5-10-4-11(6-16)8-17(22,7-10)9-16/h10-12,22H,4-9H2,1-3H3,(H,18,21)(H,19,20)/t10-,11-,12-,16?,17?/m0/s1. The molecule has 3 atom stereocenters. The summed E-state index contributed by atoms with van der Waals surface area (Å²) in [5.74, 6) is -0.312. The highest BCUT2D eigenvalue weighted by Crippen LogP contribution is 2.62. The van der Waals surface area contributed by atoms with Gasteiger partial charge in [0.05, 0.1) is 5.60 Å². The molecule has 6 heteroatoms. The first-order valence-corrected chi connectivity index (χ1v) is 8.45. The first kappa shape index (κ1) is 16.6. The predicted octanol–water partition coefficient (Wildman–Crippen LogP) is 2.30. The zero-order valence-corrected chi connectivity index (χ0v) is 14.1. The van der Waals surface area contributed by atoms with E-state index in [1.807, 2.05) is 0 Å². The summed E-state index contributed by atoms with van der Waals surface area (Å²) in [7, 11) is 0. The van der Waals surface area contributed by atoms with Crippen LogP contribution < -0.4 is 5.32 Å². The van der Waals surface area contributed by atoms with Crippen LogP contribution in [0.25, 0.3) is 0 Å². The number of rotatable bonds is 3. The SMILES string of the molecule is CC(C)(C)OC(=O)N[C@@H](C(=O)O)C12C[C@@H]3C[C@H](CC(O)(C3)C1)C2. The minimum atomic E-state index is -1.04. The lowest BCUT2D eigenvalue weighted by Gasteiger charge is -2.61. The van der Waals surface area contributed by atoms with Crippen LogP contribution in [-0.2, 0) is 9.53 Å². The first-order valence-electron chi connectivity index (χ1n) is 8.45. The Balaban J connectivity index is 1.81. The summed E-state index contributed by atoms with van der Waals surface area (Å²) in [4.78, 5) is 24.0. The number of alkyl carbamates (subject to hydrolysis) is 1. The molecular weight excluding hydrogens is 298 g/mol. The number of carbonyl (C=O) groups is 2. The van der Waals surface area contributed by atoms with Crippen molar-refractivity contribution in [2.45, 2.75) is 76.5 Å². The van der Waals surface area contributed by atoms with E-state index in [0.29, 0.717) is 18.3 Å². The molecule has 130 valence electrons. The van der Waals surface area contributed by atoms with Crippen molar-refractivity contribution in [3.8, 4) is 0 Å². The normalized spacial score (nSPS) is 39.8. The maximum atomic E-state index is 12.1. The quantitative estimate of drug-likeness (QED) is 0.740. The molecule has 0 aromatic rings. The summed E-state index contributed by atoms with van der Waals surface area (Å²) in [6.45, 7) is 5.24. The van der Waals surface area contributed by atoms with Crippen molar-refractivity contribution in [3.63, 3.8) is 0 Å². The number of aliphatic carboxylic acids is 1. The summed E-state index contributed by atoms with van der Waals surface area (Å²) >= 11 is 0. The van der Waals surface area contributed by atoms with E-state index in [-0.39, 0.29) is 0 Å². The molecule has 0 unspecified atom stereocenters. The van der Waals surface area contributed by atoms with Crippen LogP contribution in [0.5, 0.6) is 0 Å². The second-order valence-electron chi connectivity index (χ2n) is 8.97. The molecule has 6 nitrogen and oxygen atoms in total. The summed E-state index contributed by atoms with van der Waals surface area (Å²) in [5.41, 5.74) is -1.98. The molecule has 0 aliphatic heterocycles. The second-order valence-corrected chi connectivity index (χ2v) is 8.97. The molecule has 3 N–H and O–H groups in total. The Morgan fingerprint density at radius 2 is 1.74 bits per heavy atom. The topological polar surface area (TPSA) is 95.9 Å². The molecule has 4 fully saturated rings. The lowest BCUT2D eigenvalue weighted by molar-refractivity contribution is -0.182. The van der Waals surface area contributed by atoms with Crippen molar-refractivity contribution < 1.29 is 24.5 Å². The van der Waals surface area contributed by atoms with Gasteiger partial charge in [0.1, 0.15) is 11.6 Å². The number of ether oxygens (including phenoxy) is 1. The second kappa shape index (κ2) is 5.10. The van der Waals surface area contributed by atoms with Gasteiger partial charge in [-0.2, -0.15) is 0 Å².